The highest BCUT2D eigenvalue weighted by Gasteiger charge is 2.25. The molecule has 1 aromatic heterocycles. The standard InChI is InChI=1S/C19H28N4O2/c20-18(25)15-7-10-23(11-8-15)19-16(6-3-9-21-19)13-22-17(24)12-14-4-1-2-5-14/h3,6,9,14-15H,1-2,4-5,7-8,10-13H2,(H2,20,25)(H,22,24). The van der Waals surface area contributed by atoms with Crippen molar-refractivity contribution in [2.75, 3.05) is 18.0 Å². The maximum Gasteiger partial charge on any atom is 0.220 e. The number of hydrogen-bond donors (Lipinski definition) is 2. The van der Waals surface area contributed by atoms with E-state index in [1.165, 1.54) is 25.7 Å². The molecule has 2 amide bonds. The van der Waals surface area contributed by atoms with E-state index in [0.29, 0.717) is 18.9 Å². The third-order valence-electron chi connectivity index (χ3n) is 5.49. The molecule has 136 valence electrons. The third-order valence-corrected chi connectivity index (χ3v) is 5.49. The van der Waals surface area contributed by atoms with Crippen LogP contribution in [0.2, 0.25) is 0 Å². The van der Waals surface area contributed by atoms with Gasteiger partial charge in [0.05, 0.1) is 0 Å². The van der Waals surface area contributed by atoms with Gasteiger partial charge >= 0.3 is 0 Å². The van der Waals surface area contributed by atoms with E-state index in [1.807, 2.05) is 12.1 Å². The number of carbonyl (C=O) groups excluding carboxylic acids is 2. The molecule has 1 aliphatic carbocycles. The Morgan fingerprint density at radius 2 is 1.92 bits per heavy atom. The summed E-state index contributed by atoms with van der Waals surface area (Å²) >= 11 is 0. The Kier molecular flexibility index (Phi) is 5.89. The molecule has 1 aromatic rings. The summed E-state index contributed by atoms with van der Waals surface area (Å²) in [6, 6.07) is 3.91. The summed E-state index contributed by atoms with van der Waals surface area (Å²) in [5.74, 6) is 1.36. The number of nitrogens with one attached hydrogen (secondary N) is 1. The van der Waals surface area contributed by atoms with Crippen LogP contribution in [0.4, 0.5) is 5.82 Å². The zero-order chi connectivity index (χ0) is 17.6. The first-order valence-electron chi connectivity index (χ1n) is 9.38. The van der Waals surface area contributed by atoms with Crippen LogP contribution in [0.5, 0.6) is 0 Å². The molecule has 1 saturated heterocycles. The molecular weight excluding hydrogens is 316 g/mol. The van der Waals surface area contributed by atoms with Crippen molar-refractivity contribution in [2.45, 2.75) is 51.5 Å². The predicted molar refractivity (Wildman–Crippen MR) is 96.8 cm³/mol. The number of aromatic nitrogens is 1. The minimum atomic E-state index is -0.208. The van der Waals surface area contributed by atoms with Crippen LogP contribution in [0.25, 0.3) is 0 Å². The molecule has 25 heavy (non-hydrogen) atoms. The minimum absolute atomic E-state index is 0.0328. The first-order valence-corrected chi connectivity index (χ1v) is 9.38. The fraction of sp³-hybridized carbons (Fsp3) is 0.632. The zero-order valence-electron chi connectivity index (χ0n) is 14.7. The van der Waals surface area contributed by atoms with Crippen molar-refractivity contribution >= 4 is 17.6 Å². The van der Waals surface area contributed by atoms with Crippen molar-refractivity contribution < 1.29 is 9.59 Å². The average molecular weight is 344 g/mol. The lowest BCUT2D eigenvalue weighted by atomic mass is 9.96. The molecule has 0 atom stereocenters. The lowest BCUT2D eigenvalue weighted by Gasteiger charge is -2.32. The van der Waals surface area contributed by atoms with E-state index in [1.54, 1.807) is 6.20 Å². The van der Waals surface area contributed by atoms with Gasteiger partial charge in [0.15, 0.2) is 0 Å². The number of nitrogens with zero attached hydrogens (tertiary/aromatic N) is 2. The van der Waals surface area contributed by atoms with Gasteiger partial charge in [-0.3, -0.25) is 9.59 Å². The topological polar surface area (TPSA) is 88.3 Å². The average Bonchev–Trinajstić information content (AvgIpc) is 3.13. The van der Waals surface area contributed by atoms with Gasteiger partial charge in [-0.2, -0.15) is 0 Å². The Balaban J connectivity index is 1.55. The highest BCUT2D eigenvalue weighted by molar-refractivity contribution is 5.77. The van der Waals surface area contributed by atoms with Gasteiger partial charge in [0.2, 0.25) is 11.8 Å². The van der Waals surface area contributed by atoms with Crippen molar-refractivity contribution in [1.29, 1.82) is 0 Å². The smallest absolute Gasteiger partial charge is 0.220 e. The first kappa shape index (κ1) is 17.7. The summed E-state index contributed by atoms with van der Waals surface area (Å²) in [5.41, 5.74) is 6.44. The quantitative estimate of drug-likeness (QED) is 0.826. The normalized spacial score (nSPS) is 19.1. The maximum atomic E-state index is 12.2. The van der Waals surface area contributed by atoms with E-state index >= 15 is 0 Å². The van der Waals surface area contributed by atoms with Gasteiger partial charge in [-0.25, -0.2) is 4.98 Å². The number of primary amides is 1. The van der Waals surface area contributed by atoms with E-state index in [4.69, 9.17) is 5.73 Å². The van der Waals surface area contributed by atoms with Crippen LogP contribution < -0.4 is 16.0 Å². The number of amides is 2. The molecule has 3 rings (SSSR count). The highest BCUT2D eigenvalue weighted by atomic mass is 16.2. The van der Waals surface area contributed by atoms with Crippen molar-refractivity contribution in [3.05, 3.63) is 23.9 Å². The minimum Gasteiger partial charge on any atom is -0.369 e. The molecule has 2 fully saturated rings. The van der Waals surface area contributed by atoms with Crippen LogP contribution in [0, 0.1) is 11.8 Å². The Morgan fingerprint density at radius 3 is 2.60 bits per heavy atom. The summed E-state index contributed by atoms with van der Waals surface area (Å²) in [6.07, 6.45) is 8.82. The van der Waals surface area contributed by atoms with Gasteiger partial charge in [-0.05, 0) is 37.7 Å². The summed E-state index contributed by atoms with van der Waals surface area (Å²) in [4.78, 5) is 30.2. The Hall–Kier alpha value is -2.11. The SMILES string of the molecule is NC(=O)C1CCN(c2ncccc2CNC(=O)CC2CCCC2)CC1. The maximum absolute atomic E-state index is 12.2. The molecule has 0 aromatic carbocycles. The number of nitrogens with two attached hydrogens (primary N) is 1. The Bertz CT molecular complexity index is 605. The van der Waals surface area contributed by atoms with E-state index < -0.39 is 0 Å². The predicted octanol–water partition coefficient (Wildman–Crippen LogP) is 1.98. The second-order valence-corrected chi connectivity index (χ2v) is 7.28. The molecule has 0 spiro atoms. The largest absolute Gasteiger partial charge is 0.369 e. The zero-order valence-corrected chi connectivity index (χ0v) is 14.7. The van der Waals surface area contributed by atoms with Crippen molar-refractivity contribution in [3.63, 3.8) is 0 Å². The number of piperidine rings is 1. The monoisotopic (exact) mass is 344 g/mol. The van der Waals surface area contributed by atoms with Gasteiger partial charge in [0, 0.05) is 43.7 Å². The van der Waals surface area contributed by atoms with Gasteiger partial charge in [0.1, 0.15) is 5.82 Å². The lowest BCUT2D eigenvalue weighted by molar-refractivity contribution is -0.123. The van der Waals surface area contributed by atoms with Gasteiger partial charge < -0.3 is 16.0 Å². The lowest BCUT2D eigenvalue weighted by Crippen LogP contribution is -2.39. The number of pyridine rings is 1. The van der Waals surface area contributed by atoms with Crippen LogP contribution in [-0.4, -0.2) is 29.9 Å². The number of anilines is 1. The number of hydrogen-bond acceptors (Lipinski definition) is 4. The van der Waals surface area contributed by atoms with Crippen LogP contribution >= 0.6 is 0 Å². The molecule has 1 aliphatic heterocycles. The van der Waals surface area contributed by atoms with E-state index in [-0.39, 0.29) is 17.7 Å². The van der Waals surface area contributed by atoms with Crippen LogP contribution in [0.1, 0.15) is 50.5 Å². The fourth-order valence-corrected chi connectivity index (χ4v) is 3.97. The fourth-order valence-electron chi connectivity index (χ4n) is 3.97. The molecule has 0 radical (unpaired) electrons. The van der Waals surface area contributed by atoms with Crippen LogP contribution in [0.15, 0.2) is 18.3 Å². The third kappa shape index (κ3) is 4.71. The van der Waals surface area contributed by atoms with Gasteiger partial charge in [-0.15, -0.1) is 0 Å². The van der Waals surface area contributed by atoms with Crippen LogP contribution in [-0.2, 0) is 16.1 Å². The highest BCUT2D eigenvalue weighted by Crippen LogP contribution is 2.28. The van der Waals surface area contributed by atoms with Gasteiger partial charge in [0.25, 0.3) is 0 Å². The van der Waals surface area contributed by atoms with Crippen LogP contribution in [0.3, 0.4) is 0 Å². The Labute approximate surface area is 149 Å². The van der Waals surface area contributed by atoms with E-state index in [9.17, 15) is 9.59 Å². The molecular formula is C19H28N4O2. The Morgan fingerprint density at radius 1 is 1.20 bits per heavy atom. The molecule has 3 N–H and O–H groups in total. The second kappa shape index (κ2) is 8.32. The summed E-state index contributed by atoms with van der Waals surface area (Å²) < 4.78 is 0. The summed E-state index contributed by atoms with van der Waals surface area (Å²) in [5, 5.41) is 3.05. The van der Waals surface area contributed by atoms with E-state index in [0.717, 1.165) is 37.3 Å². The van der Waals surface area contributed by atoms with E-state index in [2.05, 4.69) is 15.2 Å². The van der Waals surface area contributed by atoms with Crippen molar-refractivity contribution in [2.24, 2.45) is 17.6 Å². The molecule has 6 heteroatoms. The van der Waals surface area contributed by atoms with Crippen molar-refractivity contribution in [1.82, 2.24) is 10.3 Å². The first-order chi connectivity index (χ1) is 12.1. The second-order valence-electron chi connectivity index (χ2n) is 7.28. The number of rotatable bonds is 6. The number of carbonyl (C=O) groups is 2. The molecule has 0 unspecified atom stereocenters. The van der Waals surface area contributed by atoms with Crippen molar-refractivity contribution in [3.8, 4) is 0 Å². The molecule has 2 aliphatic rings. The molecule has 6 nitrogen and oxygen atoms in total. The molecule has 0 bridgehead atoms. The summed E-state index contributed by atoms with van der Waals surface area (Å²) in [6.45, 7) is 2.05. The molecule has 1 saturated carbocycles. The summed E-state index contributed by atoms with van der Waals surface area (Å²) in [7, 11) is 0. The van der Waals surface area contributed by atoms with Gasteiger partial charge in [-0.1, -0.05) is 18.9 Å². The molecule has 2 heterocycles.